The summed E-state index contributed by atoms with van der Waals surface area (Å²) in [7, 11) is -1.08. The molecular weight excluding hydrogens is 300 g/mol. The summed E-state index contributed by atoms with van der Waals surface area (Å²) in [5.74, 6) is -0.175. The lowest BCUT2D eigenvalue weighted by atomic mass is 9.76. The van der Waals surface area contributed by atoms with Gasteiger partial charge >= 0.3 is 8.80 Å². The Bertz CT molecular complexity index is 703. The maximum absolute atomic E-state index is 12.1. The van der Waals surface area contributed by atoms with E-state index in [0.717, 1.165) is 5.56 Å². The Morgan fingerprint density at radius 2 is 1.61 bits per heavy atom. The molecule has 0 spiro atoms. The fourth-order valence-corrected chi connectivity index (χ4v) is 6.78. The molecule has 0 saturated heterocycles. The van der Waals surface area contributed by atoms with Crippen molar-refractivity contribution < 1.29 is 9.90 Å². The number of hydrogen-bond acceptors (Lipinski definition) is 2. The molecule has 2 atom stereocenters. The van der Waals surface area contributed by atoms with Crippen molar-refractivity contribution in [3.8, 4) is 0 Å². The lowest BCUT2D eigenvalue weighted by molar-refractivity contribution is -0.133. The number of Topliss-reactive ketones (excluding diaryl/α,β-unsaturated/α-hetero) is 1. The summed E-state index contributed by atoms with van der Waals surface area (Å²) in [6, 6.07) is 18.8. The average Bonchev–Trinajstić information content (AvgIpc) is 2.49. The van der Waals surface area contributed by atoms with Gasteiger partial charge in [-0.15, -0.1) is 0 Å². The van der Waals surface area contributed by atoms with E-state index in [2.05, 4.69) is 51.1 Å². The van der Waals surface area contributed by atoms with E-state index < -0.39 is 14.9 Å². The fourth-order valence-electron chi connectivity index (χ4n) is 3.48. The standard InChI is InChI=1S/C20H23O2Si/c1-20(2,3)23(14-9-5-4-6-10-14)18-12-8-7-11-15(18)19-16(21)13-17(19)22/h4-12,16,19,21H,13H2,1-3H3/q+1. The van der Waals surface area contributed by atoms with Gasteiger partial charge in [0.15, 0.2) is 0 Å². The summed E-state index contributed by atoms with van der Waals surface area (Å²) < 4.78 is 0. The van der Waals surface area contributed by atoms with Crippen LogP contribution in [-0.4, -0.2) is 25.8 Å². The zero-order chi connectivity index (χ0) is 16.6. The second-order valence-electron chi connectivity index (χ2n) is 7.29. The van der Waals surface area contributed by atoms with Crippen LogP contribution in [0.25, 0.3) is 0 Å². The average molecular weight is 323 g/mol. The predicted molar refractivity (Wildman–Crippen MR) is 96.0 cm³/mol. The molecule has 2 nitrogen and oxygen atoms in total. The first kappa shape index (κ1) is 16.2. The van der Waals surface area contributed by atoms with Crippen LogP contribution in [0, 0.1) is 0 Å². The predicted octanol–water partition coefficient (Wildman–Crippen LogP) is 2.51. The smallest absolute Gasteiger partial charge is 0.392 e. The Morgan fingerprint density at radius 1 is 1.00 bits per heavy atom. The number of carbonyl (C=O) groups is 1. The largest absolute Gasteiger partial charge is 0.396 e. The minimum Gasteiger partial charge on any atom is -0.392 e. The second kappa shape index (κ2) is 6.06. The van der Waals surface area contributed by atoms with Crippen molar-refractivity contribution >= 4 is 25.0 Å². The molecule has 2 aromatic carbocycles. The van der Waals surface area contributed by atoms with Crippen LogP contribution in [0.15, 0.2) is 54.6 Å². The first-order valence-electron chi connectivity index (χ1n) is 8.12. The van der Waals surface area contributed by atoms with E-state index >= 15 is 0 Å². The van der Waals surface area contributed by atoms with Crippen molar-refractivity contribution in [3.05, 3.63) is 60.2 Å². The SMILES string of the molecule is CC(C)(C)[Si+](c1ccccc1)c1ccccc1C1C(=O)CC1O. The van der Waals surface area contributed by atoms with Crippen molar-refractivity contribution in [2.45, 2.75) is 44.3 Å². The molecular formula is C20H23O2Si+. The molecule has 0 radical (unpaired) electrons. The number of ketones is 1. The molecule has 3 rings (SSSR count). The van der Waals surface area contributed by atoms with E-state index in [1.165, 1.54) is 10.4 Å². The summed E-state index contributed by atoms with van der Waals surface area (Å²) in [6.45, 7) is 6.80. The molecule has 118 valence electrons. The van der Waals surface area contributed by atoms with Gasteiger partial charge in [0.25, 0.3) is 0 Å². The molecule has 1 N–H and O–H groups in total. The molecule has 0 bridgehead atoms. The molecule has 1 fully saturated rings. The van der Waals surface area contributed by atoms with E-state index in [0.29, 0.717) is 6.42 Å². The highest BCUT2D eigenvalue weighted by atomic mass is 28.3. The van der Waals surface area contributed by atoms with Crippen molar-refractivity contribution in [1.29, 1.82) is 0 Å². The minimum absolute atomic E-state index is 0.111. The number of rotatable bonds is 3. The molecule has 0 aromatic heterocycles. The molecule has 1 aliphatic carbocycles. The Labute approximate surface area is 139 Å². The van der Waals surface area contributed by atoms with Gasteiger partial charge in [0.1, 0.15) is 16.2 Å². The summed E-state index contributed by atoms with van der Waals surface area (Å²) in [4.78, 5) is 12.1. The third-order valence-corrected chi connectivity index (χ3v) is 7.92. The van der Waals surface area contributed by atoms with E-state index in [1.54, 1.807) is 0 Å². The number of benzene rings is 2. The third kappa shape index (κ3) is 3.03. The van der Waals surface area contributed by atoms with E-state index in [-0.39, 0.29) is 16.7 Å². The van der Waals surface area contributed by atoms with Crippen LogP contribution in [0.4, 0.5) is 0 Å². The molecule has 2 unspecified atom stereocenters. The van der Waals surface area contributed by atoms with Gasteiger partial charge < -0.3 is 5.11 Å². The number of aliphatic hydroxyl groups excluding tert-OH is 1. The first-order valence-corrected chi connectivity index (χ1v) is 9.62. The van der Waals surface area contributed by atoms with E-state index in [1.807, 2.05) is 24.3 Å². The van der Waals surface area contributed by atoms with Crippen LogP contribution in [0.2, 0.25) is 5.04 Å². The fraction of sp³-hybridized carbons (Fsp3) is 0.350. The van der Waals surface area contributed by atoms with Gasteiger partial charge in [-0.1, -0.05) is 36.4 Å². The van der Waals surface area contributed by atoms with Crippen LogP contribution < -0.4 is 10.4 Å². The zero-order valence-electron chi connectivity index (χ0n) is 13.9. The van der Waals surface area contributed by atoms with Gasteiger partial charge in [0, 0.05) is 12.0 Å². The van der Waals surface area contributed by atoms with E-state index in [4.69, 9.17) is 0 Å². The van der Waals surface area contributed by atoms with Crippen molar-refractivity contribution in [2.24, 2.45) is 0 Å². The number of aliphatic hydroxyl groups is 1. The van der Waals surface area contributed by atoms with Crippen molar-refractivity contribution in [2.75, 3.05) is 0 Å². The normalized spacial score (nSPS) is 21.0. The zero-order valence-corrected chi connectivity index (χ0v) is 14.9. The molecule has 2 aromatic rings. The highest BCUT2D eigenvalue weighted by Crippen LogP contribution is 2.35. The molecule has 0 aliphatic heterocycles. The Kier molecular flexibility index (Phi) is 4.26. The number of hydrogen-bond donors (Lipinski definition) is 1. The maximum atomic E-state index is 12.1. The third-order valence-electron chi connectivity index (χ3n) is 4.52. The highest BCUT2D eigenvalue weighted by molar-refractivity contribution is 6.87. The molecule has 1 aliphatic rings. The van der Waals surface area contributed by atoms with E-state index in [9.17, 15) is 9.90 Å². The molecule has 0 heterocycles. The summed E-state index contributed by atoms with van der Waals surface area (Å²) in [5.41, 5.74) is 1.03. The lowest BCUT2D eigenvalue weighted by Gasteiger charge is -2.32. The lowest BCUT2D eigenvalue weighted by Crippen LogP contribution is -2.53. The molecule has 3 heteroatoms. The minimum atomic E-state index is -1.08. The molecule has 0 amide bonds. The summed E-state index contributed by atoms with van der Waals surface area (Å²) in [5, 5.41) is 12.8. The van der Waals surface area contributed by atoms with Gasteiger partial charge in [0.2, 0.25) is 0 Å². The molecule has 23 heavy (non-hydrogen) atoms. The van der Waals surface area contributed by atoms with Gasteiger partial charge in [-0.2, -0.15) is 0 Å². The van der Waals surface area contributed by atoms with Crippen LogP contribution in [0.1, 0.15) is 38.7 Å². The summed E-state index contributed by atoms with van der Waals surface area (Å²) in [6.07, 6.45) is -0.232. The van der Waals surface area contributed by atoms with Crippen molar-refractivity contribution in [3.63, 3.8) is 0 Å². The maximum Gasteiger partial charge on any atom is 0.396 e. The van der Waals surface area contributed by atoms with Crippen molar-refractivity contribution in [1.82, 2.24) is 0 Å². The van der Waals surface area contributed by atoms with Crippen LogP contribution in [0.3, 0.4) is 0 Å². The Morgan fingerprint density at radius 3 is 2.17 bits per heavy atom. The van der Waals surface area contributed by atoms with Gasteiger partial charge in [0.05, 0.1) is 17.1 Å². The Hall–Kier alpha value is -1.71. The topological polar surface area (TPSA) is 37.3 Å². The highest BCUT2D eigenvalue weighted by Gasteiger charge is 2.50. The second-order valence-corrected chi connectivity index (χ2v) is 10.7. The number of carbonyl (C=O) groups excluding carboxylic acids is 1. The quantitative estimate of drug-likeness (QED) is 0.881. The van der Waals surface area contributed by atoms with Crippen LogP contribution in [-0.2, 0) is 4.79 Å². The van der Waals surface area contributed by atoms with Gasteiger partial charge in [-0.25, -0.2) is 0 Å². The molecule has 1 saturated carbocycles. The Balaban J connectivity index is 2.13. The first-order chi connectivity index (χ1) is 10.9. The summed E-state index contributed by atoms with van der Waals surface area (Å²) >= 11 is 0. The van der Waals surface area contributed by atoms with Crippen LogP contribution >= 0.6 is 0 Å². The van der Waals surface area contributed by atoms with Gasteiger partial charge in [-0.3, -0.25) is 4.79 Å². The monoisotopic (exact) mass is 323 g/mol. The van der Waals surface area contributed by atoms with Crippen LogP contribution in [0.5, 0.6) is 0 Å². The van der Waals surface area contributed by atoms with Gasteiger partial charge in [-0.05, 0) is 39.0 Å².